The van der Waals surface area contributed by atoms with Gasteiger partial charge in [-0.25, -0.2) is 0 Å². The normalized spacial score (nSPS) is 15.6. The number of methoxy groups -OCH3 is 1. The van der Waals surface area contributed by atoms with Crippen molar-refractivity contribution in [1.29, 1.82) is 0 Å². The van der Waals surface area contributed by atoms with Crippen molar-refractivity contribution in [2.45, 2.75) is 52.0 Å². The van der Waals surface area contributed by atoms with Gasteiger partial charge in [0.15, 0.2) is 0 Å². The summed E-state index contributed by atoms with van der Waals surface area (Å²) in [5.41, 5.74) is 11.4. The summed E-state index contributed by atoms with van der Waals surface area (Å²) in [4.78, 5) is 0. The molecule has 0 amide bonds. The zero-order chi connectivity index (χ0) is 12.6. The van der Waals surface area contributed by atoms with Crippen LogP contribution in [0, 0.1) is 6.92 Å². The van der Waals surface area contributed by atoms with E-state index in [0.29, 0.717) is 0 Å². The Bertz CT molecular complexity index is 430. The van der Waals surface area contributed by atoms with E-state index >= 15 is 0 Å². The molecule has 0 aromatic heterocycles. The zero-order valence-corrected chi connectivity index (χ0v) is 11.4. The molecule has 94 valence electrons. The molecule has 0 aliphatic heterocycles. The molecule has 1 aliphatic rings. The first-order valence-corrected chi connectivity index (χ1v) is 6.44. The van der Waals surface area contributed by atoms with Crippen molar-refractivity contribution in [3.63, 3.8) is 0 Å². The molecule has 0 radical (unpaired) electrons. The lowest BCUT2D eigenvalue weighted by atomic mass is 9.81. The molecule has 0 fully saturated rings. The largest absolute Gasteiger partial charge is 0.496 e. The van der Waals surface area contributed by atoms with Gasteiger partial charge in [0.1, 0.15) is 5.75 Å². The van der Waals surface area contributed by atoms with E-state index in [0.717, 1.165) is 5.75 Å². The minimum atomic E-state index is -0.345. The van der Waals surface area contributed by atoms with Crippen molar-refractivity contribution in [2.24, 2.45) is 5.73 Å². The number of ether oxygens (including phenoxy) is 1. The van der Waals surface area contributed by atoms with Crippen molar-refractivity contribution in [3.05, 3.63) is 28.3 Å². The molecule has 0 saturated carbocycles. The lowest BCUT2D eigenvalue weighted by Crippen LogP contribution is -2.31. The predicted molar refractivity (Wildman–Crippen MR) is 71.6 cm³/mol. The summed E-state index contributed by atoms with van der Waals surface area (Å²) in [6.07, 6.45) is 4.96. The maximum atomic E-state index is 6.29. The van der Waals surface area contributed by atoms with E-state index in [1.807, 2.05) is 13.8 Å². The smallest absolute Gasteiger partial charge is 0.124 e. The zero-order valence-electron chi connectivity index (χ0n) is 11.4. The van der Waals surface area contributed by atoms with Crippen LogP contribution in [0.5, 0.6) is 5.75 Å². The van der Waals surface area contributed by atoms with E-state index in [9.17, 15) is 0 Å². The molecule has 0 saturated heterocycles. The summed E-state index contributed by atoms with van der Waals surface area (Å²) in [7, 11) is 1.74. The predicted octanol–water partition coefficient (Wildman–Crippen LogP) is 3.08. The van der Waals surface area contributed by atoms with Crippen LogP contribution in [0.1, 0.15) is 48.9 Å². The van der Waals surface area contributed by atoms with Gasteiger partial charge in [0.25, 0.3) is 0 Å². The highest BCUT2D eigenvalue weighted by Crippen LogP contribution is 2.37. The summed E-state index contributed by atoms with van der Waals surface area (Å²) in [6, 6.07) is 2.20. The molecule has 2 rings (SSSR count). The first kappa shape index (κ1) is 12.4. The van der Waals surface area contributed by atoms with Crippen molar-refractivity contribution >= 4 is 0 Å². The van der Waals surface area contributed by atoms with Gasteiger partial charge in [-0.3, -0.25) is 0 Å². The fraction of sp³-hybridized carbons (Fsp3) is 0.600. The second-order valence-corrected chi connectivity index (χ2v) is 5.65. The Kier molecular flexibility index (Phi) is 3.17. The van der Waals surface area contributed by atoms with Crippen molar-refractivity contribution in [2.75, 3.05) is 7.11 Å². The second-order valence-electron chi connectivity index (χ2n) is 5.65. The maximum Gasteiger partial charge on any atom is 0.124 e. The number of nitrogens with two attached hydrogens (primary N) is 1. The third-order valence-corrected chi connectivity index (χ3v) is 3.75. The van der Waals surface area contributed by atoms with E-state index in [-0.39, 0.29) is 5.54 Å². The van der Waals surface area contributed by atoms with Crippen molar-refractivity contribution in [1.82, 2.24) is 0 Å². The lowest BCUT2D eigenvalue weighted by Gasteiger charge is -2.29. The van der Waals surface area contributed by atoms with Crippen LogP contribution in [-0.4, -0.2) is 7.11 Å². The number of hydrogen-bond acceptors (Lipinski definition) is 2. The van der Waals surface area contributed by atoms with Crippen LogP contribution in [0.15, 0.2) is 6.07 Å². The third-order valence-electron chi connectivity index (χ3n) is 3.75. The Morgan fingerprint density at radius 1 is 1.24 bits per heavy atom. The standard InChI is InChI=1S/C15H23NO/c1-10-12-8-6-5-7-11(12)9-13(17-4)14(10)15(2,3)16/h9H,5-8,16H2,1-4H3. The Labute approximate surface area is 104 Å². The molecule has 0 unspecified atom stereocenters. The average molecular weight is 233 g/mol. The van der Waals surface area contributed by atoms with E-state index in [1.54, 1.807) is 7.11 Å². The molecule has 2 N–H and O–H groups in total. The van der Waals surface area contributed by atoms with Crippen LogP contribution in [0.4, 0.5) is 0 Å². The van der Waals surface area contributed by atoms with Crippen LogP contribution in [0.2, 0.25) is 0 Å². The summed E-state index contributed by atoms with van der Waals surface area (Å²) < 4.78 is 5.54. The number of benzene rings is 1. The highest BCUT2D eigenvalue weighted by Gasteiger charge is 2.26. The molecular formula is C15H23NO. The van der Waals surface area contributed by atoms with Crippen molar-refractivity contribution in [3.8, 4) is 5.75 Å². The molecule has 1 aromatic carbocycles. The quantitative estimate of drug-likeness (QED) is 0.852. The van der Waals surface area contributed by atoms with Crippen LogP contribution in [-0.2, 0) is 18.4 Å². The summed E-state index contributed by atoms with van der Waals surface area (Å²) >= 11 is 0. The van der Waals surface area contributed by atoms with Gasteiger partial charge >= 0.3 is 0 Å². The fourth-order valence-corrected chi connectivity index (χ4v) is 3.04. The Hall–Kier alpha value is -1.02. The first-order chi connectivity index (χ1) is 7.95. The molecule has 2 nitrogen and oxygen atoms in total. The van der Waals surface area contributed by atoms with Gasteiger partial charge in [0.2, 0.25) is 0 Å². The monoisotopic (exact) mass is 233 g/mol. The molecule has 0 atom stereocenters. The van der Waals surface area contributed by atoms with Gasteiger partial charge in [0.05, 0.1) is 7.11 Å². The van der Waals surface area contributed by atoms with Crippen LogP contribution >= 0.6 is 0 Å². The van der Waals surface area contributed by atoms with Gasteiger partial charge < -0.3 is 10.5 Å². The van der Waals surface area contributed by atoms with Gasteiger partial charge in [-0.05, 0) is 69.2 Å². The van der Waals surface area contributed by atoms with Gasteiger partial charge in [-0.15, -0.1) is 0 Å². The van der Waals surface area contributed by atoms with Crippen LogP contribution in [0.3, 0.4) is 0 Å². The second kappa shape index (κ2) is 4.34. The molecule has 17 heavy (non-hydrogen) atoms. The minimum absolute atomic E-state index is 0.345. The first-order valence-electron chi connectivity index (χ1n) is 6.44. The van der Waals surface area contributed by atoms with Crippen molar-refractivity contribution < 1.29 is 4.74 Å². The Morgan fingerprint density at radius 3 is 2.47 bits per heavy atom. The third kappa shape index (κ3) is 2.19. The Balaban J connectivity index is 2.65. The average Bonchev–Trinajstić information content (AvgIpc) is 2.27. The summed E-state index contributed by atoms with van der Waals surface area (Å²) in [5.74, 6) is 0.954. The minimum Gasteiger partial charge on any atom is -0.496 e. The Morgan fingerprint density at radius 2 is 1.88 bits per heavy atom. The fourth-order valence-electron chi connectivity index (χ4n) is 3.04. The van der Waals surface area contributed by atoms with E-state index in [4.69, 9.17) is 10.5 Å². The molecule has 0 bridgehead atoms. The SMILES string of the molecule is COc1cc2c(c(C)c1C(C)(C)N)CCCC2. The highest BCUT2D eigenvalue weighted by molar-refractivity contribution is 5.52. The lowest BCUT2D eigenvalue weighted by molar-refractivity contribution is 0.392. The van der Waals surface area contributed by atoms with Gasteiger partial charge in [-0.2, -0.15) is 0 Å². The number of hydrogen-bond donors (Lipinski definition) is 1. The summed E-state index contributed by atoms with van der Waals surface area (Å²) in [6.45, 7) is 6.29. The molecule has 1 aromatic rings. The highest BCUT2D eigenvalue weighted by atomic mass is 16.5. The topological polar surface area (TPSA) is 35.2 Å². The van der Waals surface area contributed by atoms with Crippen LogP contribution < -0.4 is 10.5 Å². The molecule has 0 spiro atoms. The number of fused-ring (bicyclic) bond motifs is 1. The van der Waals surface area contributed by atoms with E-state index < -0.39 is 0 Å². The number of aryl methyl sites for hydroxylation is 1. The molecule has 0 heterocycles. The maximum absolute atomic E-state index is 6.29. The van der Waals surface area contributed by atoms with Gasteiger partial charge in [-0.1, -0.05) is 0 Å². The molecule has 1 aliphatic carbocycles. The van der Waals surface area contributed by atoms with E-state index in [1.165, 1.54) is 47.9 Å². The number of rotatable bonds is 2. The summed E-state index contributed by atoms with van der Waals surface area (Å²) in [5, 5.41) is 0. The van der Waals surface area contributed by atoms with E-state index in [2.05, 4.69) is 13.0 Å². The molecule has 2 heteroatoms. The van der Waals surface area contributed by atoms with Crippen LogP contribution in [0.25, 0.3) is 0 Å². The van der Waals surface area contributed by atoms with Gasteiger partial charge in [0, 0.05) is 11.1 Å². The molecular weight excluding hydrogens is 210 g/mol.